The van der Waals surface area contributed by atoms with E-state index in [0.717, 1.165) is 43.0 Å². The molecule has 1 fully saturated rings. The second-order valence-corrected chi connectivity index (χ2v) is 8.48. The van der Waals surface area contributed by atoms with Gasteiger partial charge >= 0.3 is 0 Å². The Balaban J connectivity index is 1.52. The number of hydrogen-bond acceptors (Lipinski definition) is 4. The first kappa shape index (κ1) is 21.8. The number of aryl methyl sites for hydroxylation is 2. The van der Waals surface area contributed by atoms with Crippen molar-refractivity contribution in [1.29, 1.82) is 0 Å². The lowest BCUT2D eigenvalue weighted by Crippen LogP contribution is -2.44. The van der Waals surface area contributed by atoms with Gasteiger partial charge in [0.1, 0.15) is 0 Å². The summed E-state index contributed by atoms with van der Waals surface area (Å²) in [5.41, 5.74) is 5.19. The van der Waals surface area contributed by atoms with E-state index in [9.17, 15) is 9.59 Å². The average molecular weight is 428 g/mol. The minimum absolute atomic E-state index is 0.137. The van der Waals surface area contributed by atoms with Crippen molar-refractivity contribution in [2.45, 2.75) is 13.8 Å². The van der Waals surface area contributed by atoms with E-state index in [4.69, 9.17) is 0 Å². The van der Waals surface area contributed by atoms with Crippen LogP contribution in [0.25, 0.3) is 0 Å². The van der Waals surface area contributed by atoms with Gasteiger partial charge in [-0.05, 0) is 62.9 Å². The molecule has 3 aromatic carbocycles. The van der Waals surface area contributed by atoms with E-state index in [0.29, 0.717) is 22.4 Å². The zero-order chi connectivity index (χ0) is 22.7. The van der Waals surface area contributed by atoms with Crippen molar-refractivity contribution in [2.24, 2.45) is 0 Å². The highest BCUT2D eigenvalue weighted by atomic mass is 16.2. The highest BCUT2D eigenvalue weighted by Gasteiger charge is 2.20. The van der Waals surface area contributed by atoms with Crippen LogP contribution in [-0.2, 0) is 0 Å². The highest BCUT2D eigenvalue weighted by Crippen LogP contribution is 2.22. The number of carbonyl (C=O) groups is 2. The molecule has 0 saturated carbocycles. The lowest BCUT2D eigenvalue weighted by molar-refractivity contribution is 0.0996. The fraction of sp³-hybridized carbons (Fsp3) is 0.259. The Hall–Kier alpha value is -3.44. The molecule has 1 N–H and O–H groups in total. The predicted molar refractivity (Wildman–Crippen MR) is 130 cm³/mol. The van der Waals surface area contributed by atoms with Gasteiger partial charge in [-0.25, -0.2) is 0 Å². The number of hydrogen-bond donors (Lipinski definition) is 1. The fourth-order valence-electron chi connectivity index (χ4n) is 4.02. The van der Waals surface area contributed by atoms with Gasteiger partial charge < -0.3 is 15.1 Å². The summed E-state index contributed by atoms with van der Waals surface area (Å²) in [6, 6.07) is 20.7. The summed E-state index contributed by atoms with van der Waals surface area (Å²) in [5.74, 6) is -0.422. The molecule has 4 rings (SSSR count). The van der Waals surface area contributed by atoms with Crippen LogP contribution in [0.2, 0.25) is 0 Å². The van der Waals surface area contributed by atoms with Crippen LogP contribution < -0.4 is 10.2 Å². The van der Waals surface area contributed by atoms with Gasteiger partial charge in [0.2, 0.25) is 0 Å². The molecule has 5 nitrogen and oxygen atoms in total. The molecule has 0 radical (unpaired) electrons. The summed E-state index contributed by atoms with van der Waals surface area (Å²) in [5, 5.41) is 2.95. The van der Waals surface area contributed by atoms with E-state index in [-0.39, 0.29) is 11.7 Å². The van der Waals surface area contributed by atoms with Crippen LogP contribution in [0, 0.1) is 13.8 Å². The van der Waals surface area contributed by atoms with E-state index < -0.39 is 0 Å². The molecule has 0 atom stereocenters. The number of anilines is 2. The zero-order valence-electron chi connectivity index (χ0n) is 18.9. The van der Waals surface area contributed by atoms with Gasteiger partial charge in [0, 0.05) is 48.7 Å². The Labute approximate surface area is 189 Å². The molecule has 0 aromatic heterocycles. The van der Waals surface area contributed by atoms with E-state index in [1.165, 1.54) is 0 Å². The van der Waals surface area contributed by atoms with Crippen LogP contribution in [0.4, 0.5) is 11.4 Å². The second kappa shape index (κ2) is 9.37. The van der Waals surface area contributed by atoms with Crippen LogP contribution >= 0.6 is 0 Å². The molecule has 0 bridgehead atoms. The Morgan fingerprint density at radius 1 is 0.781 bits per heavy atom. The third-order valence-corrected chi connectivity index (χ3v) is 6.05. The van der Waals surface area contributed by atoms with Crippen molar-refractivity contribution in [3.63, 3.8) is 0 Å². The molecule has 1 aliphatic rings. The number of nitrogens with zero attached hydrogens (tertiary/aromatic N) is 2. The second-order valence-electron chi connectivity index (χ2n) is 8.48. The van der Waals surface area contributed by atoms with Gasteiger partial charge in [-0.3, -0.25) is 9.59 Å². The smallest absolute Gasteiger partial charge is 0.256 e. The summed E-state index contributed by atoms with van der Waals surface area (Å²) >= 11 is 0. The van der Waals surface area contributed by atoms with Crippen LogP contribution in [0.3, 0.4) is 0 Å². The molecule has 3 aromatic rings. The lowest BCUT2D eigenvalue weighted by atomic mass is 9.94. The normalized spacial score (nSPS) is 14.3. The largest absolute Gasteiger partial charge is 0.369 e. The number of likely N-dealkylation sites (N-methyl/N-ethyl adjacent to an activating group) is 1. The summed E-state index contributed by atoms with van der Waals surface area (Å²) in [6.45, 7) is 7.96. The third kappa shape index (κ3) is 4.73. The number of nitrogens with one attached hydrogen (secondary N) is 1. The average Bonchev–Trinajstić information content (AvgIpc) is 2.81. The van der Waals surface area contributed by atoms with Crippen molar-refractivity contribution in [3.05, 3.63) is 94.5 Å². The number of ketones is 1. The minimum Gasteiger partial charge on any atom is -0.369 e. The van der Waals surface area contributed by atoms with Crippen molar-refractivity contribution < 1.29 is 9.59 Å². The Kier molecular flexibility index (Phi) is 6.37. The Bertz CT molecular complexity index is 1130. The summed E-state index contributed by atoms with van der Waals surface area (Å²) < 4.78 is 0. The van der Waals surface area contributed by atoms with E-state index in [1.807, 2.05) is 56.3 Å². The number of amides is 1. The maximum absolute atomic E-state index is 13.3. The van der Waals surface area contributed by atoms with Gasteiger partial charge in [0.25, 0.3) is 5.91 Å². The summed E-state index contributed by atoms with van der Waals surface area (Å²) in [7, 11) is 2.14. The van der Waals surface area contributed by atoms with Crippen molar-refractivity contribution in [2.75, 3.05) is 43.4 Å². The lowest BCUT2D eigenvalue weighted by Gasteiger charge is -2.34. The van der Waals surface area contributed by atoms with E-state index in [2.05, 4.69) is 22.2 Å². The molecule has 164 valence electrons. The molecule has 0 unspecified atom stereocenters. The van der Waals surface area contributed by atoms with Crippen molar-refractivity contribution in [3.8, 4) is 0 Å². The predicted octanol–water partition coefficient (Wildman–Crippen LogP) is 4.54. The Morgan fingerprint density at radius 2 is 1.44 bits per heavy atom. The van der Waals surface area contributed by atoms with Gasteiger partial charge in [-0.2, -0.15) is 0 Å². The molecular weight excluding hydrogens is 398 g/mol. The SMILES string of the molecule is Cc1ccc(C)c(C(=O)c2ccccc2C(=O)Nc2ccc(N3CCN(C)CC3)cc2)c1. The first-order chi connectivity index (χ1) is 15.4. The molecule has 1 amide bonds. The van der Waals surface area contributed by atoms with Crippen molar-refractivity contribution in [1.82, 2.24) is 4.90 Å². The van der Waals surface area contributed by atoms with Crippen LogP contribution in [0.15, 0.2) is 66.7 Å². The molecule has 32 heavy (non-hydrogen) atoms. The van der Waals surface area contributed by atoms with E-state index >= 15 is 0 Å². The van der Waals surface area contributed by atoms with Crippen molar-refractivity contribution >= 4 is 23.1 Å². The minimum atomic E-state index is -0.286. The van der Waals surface area contributed by atoms with Gasteiger partial charge in [-0.15, -0.1) is 0 Å². The number of benzene rings is 3. The van der Waals surface area contributed by atoms with Crippen LogP contribution in [0.1, 0.15) is 37.4 Å². The molecule has 1 saturated heterocycles. The number of carbonyl (C=O) groups excluding carboxylic acids is 2. The topological polar surface area (TPSA) is 52.7 Å². The Morgan fingerprint density at radius 3 is 2.12 bits per heavy atom. The summed E-state index contributed by atoms with van der Waals surface area (Å²) in [6.07, 6.45) is 0. The first-order valence-corrected chi connectivity index (χ1v) is 11.0. The first-order valence-electron chi connectivity index (χ1n) is 11.0. The molecular formula is C27H29N3O2. The van der Waals surface area contributed by atoms with Crippen LogP contribution in [0.5, 0.6) is 0 Å². The quantitative estimate of drug-likeness (QED) is 0.608. The van der Waals surface area contributed by atoms with E-state index in [1.54, 1.807) is 24.3 Å². The summed E-state index contributed by atoms with van der Waals surface area (Å²) in [4.78, 5) is 31.0. The molecule has 0 aliphatic carbocycles. The number of piperazine rings is 1. The highest BCUT2D eigenvalue weighted by molar-refractivity contribution is 6.18. The zero-order valence-corrected chi connectivity index (χ0v) is 18.9. The molecule has 1 aliphatic heterocycles. The van der Waals surface area contributed by atoms with Gasteiger partial charge in [0.05, 0.1) is 5.56 Å². The molecule has 0 spiro atoms. The maximum atomic E-state index is 13.3. The fourth-order valence-corrected chi connectivity index (χ4v) is 4.02. The monoisotopic (exact) mass is 427 g/mol. The third-order valence-electron chi connectivity index (χ3n) is 6.05. The van der Waals surface area contributed by atoms with Crippen LogP contribution in [-0.4, -0.2) is 49.8 Å². The standard InChI is InChI=1S/C27H29N3O2/c1-19-8-9-20(2)25(18-19)26(31)23-6-4-5-7-24(23)27(32)28-21-10-12-22(13-11-21)30-16-14-29(3)15-17-30/h4-13,18H,14-17H2,1-3H3,(H,28,32). The van der Waals surface area contributed by atoms with Gasteiger partial charge in [0.15, 0.2) is 5.78 Å². The molecule has 5 heteroatoms. The maximum Gasteiger partial charge on any atom is 0.256 e. The number of rotatable bonds is 5. The molecule has 1 heterocycles. The van der Waals surface area contributed by atoms with Gasteiger partial charge in [-0.1, -0.05) is 35.9 Å².